The van der Waals surface area contributed by atoms with Gasteiger partial charge in [-0.15, -0.1) is 11.8 Å². The summed E-state index contributed by atoms with van der Waals surface area (Å²) in [6, 6.07) is 10.9. The molecule has 168 valence electrons. The standard InChI is InChI=1S/C24H28N4O3S/c1-5-15(2)27-22(29)19-9-6-8-18(12-19)13-26-23(30)20-10-7-11-25-24(20)32-14-21-16(3)28-31-17(21)4/h6-12,15H,5,13-14H2,1-4H3,(H,26,30)(H,27,29). The molecule has 0 saturated carbocycles. The number of aromatic nitrogens is 2. The maximum absolute atomic E-state index is 12.9. The molecule has 7 nitrogen and oxygen atoms in total. The number of aryl methyl sites for hydroxylation is 2. The predicted octanol–water partition coefficient (Wildman–Crippen LogP) is 4.44. The van der Waals surface area contributed by atoms with Gasteiger partial charge in [0.15, 0.2) is 0 Å². The van der Waals surface area contributed by atoms with Crippen LogP contribution in [0.5, 0.6) is 0 Å². The van der Waals surface area contributed by atoms with Crippen LogP contribution in [0.1, 0.15) is 63.6 Å². The molecule has 2 amide bonds. The molecule has 0 bridgehead atoms. The lowest BCUT2D eigenvalue weighted by Gasteiger charge is -2.12. The number of amides is 2. The van der Waals surface area contributed by atoms with Crippen molar-refractivity contribution in [2.45, 2.75) is 57.5 Å². The first-order valence-corrected chi connectivity index (χ1v) is 11.5. The first-order chi connectivity index (χ1) is 15.4. The molecule has 0 spiro atoms. The van der Waals surface area contributed by atoms with Crippen molar-refractivity contribution >= 4 is 23.6 Å². The first-order valence-electron chi connectivity index (χ1n) is 10.6. The molecular weight excluding hydrogens is 424 g/mol. The van der Waals surface area contributed by atoms with Gasteiger partial charge in [-0.1, -0.05) is 24.2 Å². The third-order valence-corrected chi connectivity index (χ3v) is 6.21. The van der Waals surface area contributed by atoms with E-state index in [1.807, 2.05) is 39.8 Å². The van der Waals surface area contributed by atoms with Gasteiger partial charge in [-0.2, -0.15) is 0 Å². The maximum atomic E-state index is 12.9. The van der Waals surface area contributed by atoms with Crippen molar-refractivity contribution in [1.82, 2.24) is 20.8 Å². The van der Waals surface area contributed by atoms with Crippen molar-refractivity contribution in [3.63, 3.8) is 0 Å². The Hall–Kier alpha value is -3.13. The van der Waals surface area contributed by atoms with Crippen LogP contribution < -0.4 is 10.6 Å². The van der Waals surface area contributed by atoms with E-state index in [0.29, 0.717) is 28.5 Å². The molecule has 0 aliphatic carbocycles. The summed E-state index contributed by atoms with van der Waals surface area (Å²) in [6.07, 6.45) is 2.54. The van der Waals surface area contributed by atoms with Crippen molar-refractivity contribution in [2.75, 3.05) is 0 Å². The average Bonchev–Trinajstić information content (AvgIpc) is 3.13. The summed E-state index contributed by atoms with van der Waals surface area (Å²) in [4.78, 5) is 29.6. The van der Waals surface area contributed by atoms with Crippen LogP contribution >= 0.6 is 11.8 Å². The zero-order chi connectivity index (χ0) is 23.1. The number of nitrogens with one attached hydrogen (secondary N) is 2. The third kappa shape index (κ3) is 5.97. The lowest BCUT2D eigenvalue weighted by Crippen LogP contribution is -2.32. The molecule has 0 saturated heterocycles. The minimum Gasteiger partial charge on any atom is -0.361 e. The molecular formula is C24H28N4O3S. The summed E-state index contributed by atoms with van der Waals surface area (Å²) in [5.41, 5.74) is 3.79. The Labute approximate surface area is 192 Å². The van der Waals surface area contributed by atoms with Crippen LogP contribution in [0.15, 0.2) is 52.1 Å². The smallest absolute Gasteiger partial charge is 0.254 e. The van der Waals surface area contributed by atoms with Gasteiger partial charge in [-0.3, -0.25) is 9.59 Å². The number of carbonyl (C=O) groups is 2. The Morgan fingerprint density at radius 1 is 1.16 bits per heavy atom. The molecule has 0 fully saturated rings. The van der Waals surface area contributed by atoms with E-state index < -0.39 is 0 Å². The molecule has 1 atom stereocenters. The van der Waals surface area contributed by atoms with Crippen LogP contribution in [0, 0.1) is 13.8 Å². The molecule has 0 radical (unpaired) electrons. The van der Waals surface area contributed by atoms with Gasteiger partial charge in [0.2, 0.25) is 0 Å². The van der Waals surface area contributed by atoms with Gasteiger partial charge in [0.1, 0.15) is 10.8 Å². The largest absolute Gasteiger partial charge is 0.361 e. The molecule has 2 N–H and O–H groups in total. The lowest BCUT2D eigenvalue weighted by molar-refractivity contribution is 0.0936. The number of hydrogen-bond acceptors (Lipinski definition) is 6. The molecule has 0 aliphatic rings. The summed E-state index contributed by atoms with van der Waals surface area (Å²) >= 11 is 1.47. The number of carbonyl (C=O) groups excluding carboxylic acids is 2. The van der Waals surface area contributed by atoms with Crippen molar-refractivity contribution in [3.05, 3.63) is 76.3 Å². The fraction of sp³-hybridized carbons (Fsp3) is 0.333. The Balaban J connectivity index is 1.64. The molecule has 0 aliphatic heterocycles. The van der Waals surface area contributed by atoms with E-state index in [-0.39, 0.29) is 17.9 Å². The molecule has 1 unspecified atom stereocenters. The second kappa shape index (κ2) is 10.9. The Bertz CT molecular complexity index is 1080. The van der Waals surface area contributed by atoms with Gasteiger partial charge >= 0.3 is 0 Å². The van der Waals surface area contributed by atoms with Crippen LogP contribution in [0.2, 0.25) is 0 Å². The number of pyridine rings is 1. The van der Waals surface area contributed by atoms with Crippen LogP contribution in [-0.2, 0) is 12.3 Å². The predicted molar refractivity (Wildman–Crippen MR) is 125 cm³/mol. The van der Waals surface area contributed by atoms with Crippen molar-refractivity contribution in [1.29, 1.82) is 0 Å². The van der Waals surface area contributed by atoms with Crippen LogP contribution in [0.25, 0.3) is 0 Å². The number of thioether (sulfide) groups is 1. The molecule has 2 heterocycles. The topological polar surface area (TPSA) is 97.1 Å². The average molecular weight is 453 g/mol. The maximum Gasteiger partial charge on any atom is 0.254 e. The van der Waals surface area contributed by atoms with Gasteiger partial charge in [-0.25, -0.2) is 4.98 Å². The number of nitrogens with zero attached hydrogens (tertiary/aromatic N) is 2. The summed E-state index contributed by atoms with van der Waals surface area (Å²) < 4.78 is 5.21. The van der Waals surface area contributed by atoms with E-state index in [1.165, 1.54) is 11.8 Å². The fourth-order valence-electron chi connectivity index (χ4n) is 3.04. The molecule has 2 aromatic heterocycles. The third-order valence-electron chi connectivity index (χ3n) is 5.18. The second-order valence-corrected chi connectivity index (χ2v) is 8.58. The zero-order valence-corrected chi connectivity index (χ0v) is 19.6. The van der Waals surface area contributed by atoms with E-state index in [9.17, 15) is 9.59 Å². The summed E-state index contributed by atoms with van der Waals surface area (Å²) in [6.45, 7) is 8.08. The molecule has 1 aromatic carbocycles. The van der Waals surface area contributed by atoms with Gasteiger partial charge in [-0.05, 0) is 57.0 Å². The van der Waals surface area contributed by atoms with Gasteiger partial charge in [0.25, 0.3) is 11.8 Å². The zero-order valence-electron chi connectivity index (χ0n) is 18.8. The van der Waals surface area contributed by atoms with Gasteiger partial charge in [0, 0.05) is 35.7 Å². The van der Waals surface area contributed by atoms with E-state index in [2.05, 4.69) is 20.8 Å². The van der Waals surface area contributed by atoms with E-state index in [0.717, 1.165) is 29.0 Å². The summed E-state index contributed by atoms with van der Waals surface area (Å²) in [5, 5.41) is 10.5. The lowest BCUT2D eigenvalue weighted by atomic mass is 10.1. The monoisotopic (exact) mass is 452 g/mol. The Morgan fingerprint density at radius 2 is 1.97 bits per heavy atom. The number of benzene rings is 1. The minimum atomic E-state index is -0.214. The van der Waals surface area contributed by atoms with Crippen molar-refractivity contribution < 1.29 is 14.1 Å². The van der Waals surface area contributed by atoms with Crippen LogP contribution in [0.4, 0.5) is 0 Å². The number of rotatable bonds is 9. The highest BCUT2D eigenvalue weighted by Gasteiger charge is 2.16. The molecule has 3 aromatic rings. The number of hydrogen-bond donors (Lipinski definition) is 2. The minimum absolute atomic E-state index is 0.109. The normalized spacial score (nSPS) is 11.8. The summed E-state index contributed by atoms with van der Waals surface area (Å²) in [5.74, 6) is 1.06. The fourth-order valence-corrected chi connectivity index (χ4v) is 4.18. The first kappa shape index (κ1) is 23.5. The quantitative estimate of drug-likeness (QED) is 0.466. The van der Waals surface area contributed by atoms with E-state index >= 15 is 0 Å². The Morgan fingerprint density at radius 3 is 2.69 bits per heavy atom. The highest BCUT2D eigenvalue weighted by Crippen LogP contribution is 2.27. The van der Waals surface area contributed by atoms with E-state index in [1.54, 1.807) is 30.5 Å². The highest BCUT2D eigenvalue weighted by atomic mass is 32.2. The van der Waals surface area contributed by atoms with Gasteiger partial charge < -0.3 is 15.2 Å². The van der Waals surface area contributed by atoms with Gasteiger partial charge in [0.05, 0.1) is 11.3 Å². The van der Waals surface area contributed by atoms with Crippen molar-refractivity contribution in [2.24, 2.45) is 0 Å². The van der Waals surface area contributed by atoms with E-state index in [4.69, 9.17) is 4.52 Å². The second-order valence-electron chi connectivity index (χ2n) is 7.61. The Kier molecular flexibility index (Phi) is 8.05. The molecule has 32 heavy (non-hydrogen) atoms. The van der Waals surface area contributed by atoms with Crippen molar-refractivity contribution in [3.8, 4) is 0 Å². The van der Waals surface area contributed by atoms with Crippen LogP contribution in [0.3, 0.4) is 0 Å². The molecule has 8 heteroatoms. The molecule has 3 rings (SSSR count). The summed E-state index contributed by atoms with van der Waals surface area (Å²) in [7, 11) is 0. The van der Waals surface area contributed by atoms with Crippen LogP contribution in [-0.4, -0.2) is 28.0 Å². The highest BCUT2D eigenvalue weighted by molar-refractivity contribution is 7.98. The SMILES string of the molecule is CCC(C)NC(=O)c1cccc(CNC(=O)c2cccnc2SCc2c(C)noc2C)c1.